The second-order valence-corrected chi connectivity index (χ2v) is 7.09. The van der Waals surface area contributed by atoms with E-state index in [0.29, 0.717) is 19.1 Å². The Bertz CT molecular complexity index is 610. The first kappa shape index (κ1) is 17.6. The molecule has 2 rings (SSSR count). The van der Waals surface area contributed by atoms with Gasteiger partial charge in [-0.1, -0.05) is 57.2 Å². The fourth-order valence-corrected chi connectivity index (χ4v) is 2.79. The third-order valence-electron chi connectivity index (χ3n) is 4.23. The van der Waals surface area contributed by atoms with Gasteiger partial charge in [0.15, 0.2) is 0 Å². The Balaban J connectivity index is 2.14. The lowest BCUT2D eigenvalue weighted by atomic mass is 9.85. The Morgan fingerprint density at radius 1 is 1.04 bits per heavy atom. The summed E-state index contributed by atoms with van der Waals surface area (Å²) in [5.41, 5.74) is 10.2. The van der Waals surface area contributed by atoms with Gasteiger partial charge in [-0.2, -0.15) is 0 Å². The van der Waals surface area contributed by atoms with Gasteiger partial charge in [-0.15, -0.1) is 0 Å². The number of ether oxygens (including phenoxy) is 1. The molecular formula is C21H29NO. The molecule has 0 aliphatic heterocycles. The van der Waals surface area contributed by atoms with E-state index in [4.69, 9.17) is 10.5 Å². The maximum atomic E-state index is 6.04. The molecule has 2 N–H and O–H groups in total. The minimum atomic E-state index is 0.192. The van der Waals surface area contributed by atoms with E-state index in [0.717, 1.165) is 12.2 Å². The van der Waals surface area contributed by atoms with Crippen LogP contribution in [0.5, 0.6) is 5.75 Å². The van der Waals surface area contributed by atoms with Crippen LogP contribution in [-0.4, -0.2) is 13.2 Å². The minimum Gasteiger partial charge on any atom is -0.494 e. The lowest BCUT2D eigenvalue weighted by Gasteiger charge is -2.20. The van der Waals surface area contributed by atoms with Crippen molar-refractivity contribution in [1.82, 2.24) is 0 Å². The van der Waals surface area contributed by atoms with Crippen LogP contribution < -0.4 is 10.5 Å². The fourth-order valence-electron chi connectivity index (χ4n) is 2.79. The lowest BCUT2D eigenvalue weighted by molar-refractivity contribution is 0.339. The molecule has 0 aromatic heterocycles. The first-order chi connectivity index (χ1) is 10.9. The highest BCUT2D eigenvalue weighted by Crippen LogP contribution is 2.26. The van der Waals surface area contributed by atoms with Crippen molar-refractivity contribution >= 4 is 0 Å². The normalized spacial score (nSPS) is 12.9. The van der Waals surface area contributed by atoms with Crippen molar-refractivity contribution < 1.29 is 4.74 Å². The van der Waals surface area contributed by atoms with E-state index in [1.54, 1.807) is 0 Å². The maximum Gasteiger partial charge on any atom is 0.119 e. The Hall–Kier alpha value is -1.80. The first-order valence-corrected chi connectivity index (χ1v) is 8.46. The highest BCUT2D eigenvalue weighted by molar-refractivity contribution is 5.33. The van der Waals surface area contributed by atoms with Crippen LogP contribution in [-0.2, 0) is 11.8 Å². The Morgan fingerprint density at radius 3 is 2.30 bits per heavy atom. The second kappa shape index (κ2) is 7.65. The van der Waals surface area contributed by atoms with E-state index in [1.165, 1.54) is 16.7 Å². The van der Waals surface area contributed by atoms with Gasteiger partial charge in [0.1, 0.15) is 5.75 Å². The van der Waals surface area contributed by atoms with E-state index in [1.807, 2.05) is 19.1 Å². The van der Waals surface area contributed by atoms with Crippen LogP contribution in [0, 0.1) is 0 Å². The average molecular weight is 311 g/mol. The quantitative estimate of drug-likeness (QED) is 0.841. The highest BCUT2D eigenvalue weighted by atomic mass is 16.5. The molecule has 0 saturated carbocycles. The van der Waals surface area contributed by atoms with Crippen LogP contribution in [0.15, 0.2) is 48.5 Å². The Labute approximate surface area is 140 Å². The summed E-state index contributed by atoms with van der Waals surface area (Å²) in [5.74, 6) is 1.24. The van der Waals surface area contributed by atoms with Gasteiger partial charge in [0.2, 0.25) is 0 Å². The summed E-state index contributed by atoms with van der Waals surface area (Å²) in [6.45, 7) is 10.0. The summed E-state index contributed by atoms with van der Waals surface area (Å²) < 4.78 is 5.60. The van der Waals surface area contributed by atoms with E-state index in [-0.39, 0.29) is 5.41 Å². The van der Waals surface area contributed by atoms with E-state index < -0.39 is 0 Å². The van der Waals surface area contributed by atoms with Crippen molar-refractivity contribution in [2.75, 3.05) is 13.2 Å². The third-order valence-corrected chi connectivity index (χ3v) is 4.23. The van der Waals surface area contributed by atoms with Crippen LogP contribution in [0.2, 0.25) is 0 Å². The van der Waals surface area contributed by atoms with E-state index >= 15 is 0 Å². The van der Waals surface area contributed by atoms with Crippen molar-refractivity contribution in [2.45, 2.75) is 45.4 Å². The third kappa shape index (κ3) is 4.84. The largest absolute Gasteiger partial charge is 0.494 e. The van der Waals surface area contributed by atoms with Gasteiger partial charge in [0, 0.05) is 5.92 Å². The maximum absolute atomic E-state index is 6.04. The summed E-state index contributed by atoms with van der Waals surface area (Å²) in [6, 6.07) is 17.2. The molecule has 124 valence electrons. The second-order valence-electron chi connectivity index (χ2n) is 7.09. The van der Waals surface area contributed by atoms with Crippen molar-refractivity contribution in [2.24, 2.45) is 5.73 Å². The van der Waals surface area contributed by atoms with Crippen molar-refractivity contribution in [3.05, 3.63) is 65.2 Å². The summed E-state index contributed by atoms with van der Waals surface area (Å²) in [7, 11) is 0. The smallest absolute Gasteiger partial charge is 0.119 e. The molecule has 2 aromatic carbocycles. The van der Waals surface area contributed by atoms with Gasteiger partial charge >= 0.3 is 0 Å². The van der Waals surface area contributed by atoms with E-state index in [2.05, 4.69) is 57.2 Å². The van der Waals surface area contributed by atoms with Crippen molar-refractivity contribution in [3.63, 3.8) is 0 Å². The molecule has 0 bridgehead atoms. The zero-order chi connectivity index (χ0) is 16.9. The molecule has 1 unspecified atom stereocenters. The topological polar surface area (TPSA) is 35.2 Å². The van der Waals surface area contributed by atoms with Gasteiger partial charge in [-0.25, -0.2) is 0 Å². The Kier molecular flexibility index (Phi) is 5.84. The van der Waals surface area contributed by atoms with Crippen LogP contribution in [0.3, 0.4) is 0 Å². The Morgan fingerprint density at radius 2 is 1.74 bits per heavy atom. The summed E-state index contributed by atoms with van der Waals surface area (Å²) >= 11 is 0. The summed E-state index contributed by atoms with van der Waals surface area (Å²) in [4.78, 5) is 0. The molecule has 2 aromatic rings. The monoisotopic (exact) mass is 311 g/mol. The molecule has 0 fully saturated rings. The van der Waals surface area contributed by atoms with Crippen LogP contribution in [0.1, 0.15) is 50.3 Å². The molecule has 0 heterocycles. The molecule has 0 aliphatic carbocycles. The van der Waals surface area contributed by atoms with Crippen LogP contribution in [0.25, 0.3) is 0 Å². The van der Waals surface area contributed by atoms with E-state index in [9.17, 15) is 0 Å². The van der Waals surface area contributed by atoms with Gasteiger partial charge < -0.3 is 10.5 Å². The average Bonchev–Trinajstić information content (AvgIpc) is 2.53. The van der Waals surface area contributed by atoms with Crippen LogP contribution in [0.4, 0.5) is 0 Å². The predicted octanol–water partition coefficient (Wildman–Crippen LogP) is 4.67. The number of nitrogens with two attached hydrogens (primary N) is 1. The molecule has 1 atom stereocenters. The van der Waals surface area contributed by atoms with Gasteiger partial charge in [-0.3, -0.25) is 0 Å². The molecule has 2 heteroatoms. The number of rotatable bonds is 6. The molecule has 2 nitrogen and oxygen atoms in total. The molecule has 0 saturated heterocycles. The highest BCUT2D eigenvalue weighted by Gasteiger charge is 2.15. The number of benzene rings is 2. The SMILES string of the molecule is CCOc1cccc(C(CN)Cc2ccc(C(C)(C)C)cc2)c1. The zero-order valence-electron chi connectivity index (χ0n) is 14.8. The van der Waals surface area contributed by atoms with Crippen molar-refractivity contribution in [3.8, 4) is 5.75 Å². The standard InChI is InChI=1S/C21H29NO/c1-5-23-20-8-6-7-17(14-20)18(15-22)13-16-9-11-19(12-10-16)21(2,3)4/h6-12,14,18H,5,13,15,22H2,1-4H3. The lowest BCUT2D eigenvalue weighted by Crippen LogP contribution is -2.15. The predicted molar refractivity (Wildman–Crippen MR) is 98.3 cm³/mol. The first-order valence-electron chi connectivity index (χ1n) is 8.46. The van der Waals surface area contributed by atoms with Gasteiger partial charge in [0.25, 0.3) is 0 Å². The fraction of sp³-hybridized carbons (Fsp3) is 0.429. The number of hydrogen-bond donors (Lipinski definition) is 1. The number of hydrogen-bond acceptors (Lipinski definition) is 2. The molecule has 0 aliphatic rings. The van der Waals surface area contributed by atoms with Gasteiger partial charge in [0.05, 0.1) is 6.61 Å². The molecule has 23 heavy (non-hydrogen) atoms. The molecule has 0 amide bonds. The summed E-state index contributed by atoms with van der Waals surface area (Å²) in [5, 5.41) is 0. The molecule has 0 radical (unpaired) electrons. The summed E-state index contributed by atoms with van der Waals surface area (Å²) in [6.07, 6.45) is 0.955. The molecular weight excluding hydrogens is 282 g/mol. The zero-order valence-corrected chi connectivity index (χ0v) is 14.8. The van der Waals surface area contributed by atoms with Crippen molar-refractivity contribution in [1.29, 1.82) is 0 Å². The van der Waals surface area contributed by atoms with Gasteiger partial charge in [-0.05, 0) is 54.1 Å². The molecule has 0 spiro atoms. The minimum absolute atomic E-state index is 0.192. The van der Waals surface area contributed by atoms with Crippen LogP contribution >= 0.6 is 0 Å².